The summed E-state index contributed by atoms with van der Waals surface area (Å²) >= 11 is 5.80. The number of rotatable bonds is 0. The van der Waals surface area contributed by atoms with Gasteiger partial charge in [-0.3, -0.25) is 0 Å². The summed E-state index contributed by atoms with van der Waals surface area (Å²) in [5.41, 5.74) is 1.86. The number of aliphatic hydroxyl groups is 2. The first kappa shape index (κ1) is 9.00. The van der Waals surface area contributed by atoms with E-state index in [1.807, 2.05) is 12.1 Å². The maximum absolute atomic E-state index is 9.65. The highest BCUT2D eigenvalue weighted by Crippen LogP contribution is 2.31. The second kappa shape index (κ2) is 3.29. The second-order valence-electron chi connectivity index (χ2n) is 3.39. The van der Waals surface area contributed by atoms with E-state index in [-0.39, 0.29) is 0 Å². The van der Waals surface area contributed by atoms with Crippen LogP contribution in [0, 0.1) is 0 Å². The van der Waals surface area contributed by atoms with E-state index in [2.05, 4.69) is 0 Å². The maximum Gasteiger partial charge on any atom is 0.105 e. The van der Waals surface area contributed by atoms with Crippen LogP contribution < -0.4 is 0 Å². The minimum absolute atomic E-state index is 0.604. The first-order valence-corrected chi connectivity index (χ1v) is 4.71. The van der Waals surface area contributed by atoms with Gasteiger partial charge in [0.15, 0.2) is 0 Å². The van der Waals surface area contributed by atoms with Gasteiger partial charge < -0.3 is 10.2 Å². The lowest BCUT2D eigenvalue weighted by Crippen LogP contribution is -2.24. The lowest BCUT2D eigenvalue weighted by atomic mass is 9.87. The Morgan fingerprint density at radius 2 is 2.08 bits per heavy atom. The van der Waals surface area contributed by atoms with Gasteiger partial charge in [-0.1, -0.05) is 17.7 Å². The molecule has 1 aliphatic rings. The van der Waals surface area contributed by atoms with E-state index in [9.17, 15) is 10.2 Å². The Hall–Kier alpha value is -0.570. The predicted molar refractivity (Wildman–Crippen MR) is 50.7 cm³/mol. The molecule has 70 valence electrons. The molecule has 1 aromatic rings. The van der Waals surface area contributed by atoms with Gasteiger partial charge in [0, 0.05) is 5.02 Å². The van der Waals surface area contributed by atoms with Gasteiger partial charge in [0.25, 0.3) is 0 Å². The Balaban J connectivity index is 2.45. The van der Waals surface area contributed by atoms with Crippen molar-refractivity contribution in [1.29, 1.82) is 0 Å². The van der Waals surface area contributed by atoms with Gasteiger partial charge in [-0.05, 0) is 36.1 Å². The van der Waals surface area contributed by atoms with Gasteiger partial charge in [0.2, 0.25) is 0 Å². The number of benzene rings is 1. The van der Waals surface area contributed by atoms with E-state index in [1.165, 1.54) is 0 Å². The van der Waals surface area contributed by atoms with Crippen molar-refractivity contribution in [2.75, 3.05) is 0 Å². The third kappa shape index (κ3) is 1.57. The molecule has 0 unspecified atom stereocenters. The van der Waals surface area contributed by atoms with Crippen LogP contribution >= 0.6 is 11.6 Å². The van der Waals surface area contributed by atoms with Crippen LogP contribution in [0.5, 0.6) is 0 Å². The zero-order valence-electron chi connectivity index (χ0n) is 7.07. The second-order valence-corrected chi connectivity index (χ2v) is 3.83. The fraction of sp³-hybridized carbons (Fsp3) is 0.400. The van der Waals surface area contributed by atoms with Crippen molar-refractivity contribution in [2.24, 2.45) is 0 Å². The first-order valence-electron chi connectivity index (χ1n) is 4.33. The van der Waals surface area contributed by atoms with Crippen molar-refractivity contribution < 1.29 is 10.2 Å². The van der Waals surface area contributed by atoms with Crippen LogP contribution in [-0.2, 0) is 6.42 Å². The Morgan fingerprint density at radius 3 is 2.85 bits per heavy atom. The highest BCUT2D eigenvalue weighted by molar-refractivity contribution is 6.30. The molecule has 0 heterocycles. The molecule has 13 heavy (non-hydrogen) atoms. The molecule has 0 aromatic heterocycles. The van der Waals surface area contributed by atoms with Crippen LogP contribution in [-0.4, -0.2) is 16.3 Å². The monoisotopic (exact) mass is 198 g/mol. The Labute approximate surface area is 81.8 Å². The molecule has 2 atom stereocenters. The Bertz CT molecular complexity index is 325. The van der Waals surface area contributed by atoms with E-state index in [0.29, 0.717) is 11.4 Å². The van der Waals surface area contributed by atoms with Gasteiger partial charge in [0.05, 0.1) is 6.10 Å². The molecule has 0 aliphatic heterocycles. The number of hydrogen-bond donors (Lipinski definition) is 2. The number of aliphatic hydroxyl groups excluding tert-OH is 2. The molecule has 2 rings (SSSR count). The van der Waals surface area contributed by atoms with Crippen molar-refractivity contribution in [2.45, 2.75) is 25.0 Å². The van der Waals surface area contributed by atoms with E-state index in [0.717, 1.165) is 17.5 Å². The fourth-order valence-electron chi connectivity index (χ4n) is 1.74. The van der Waals surface area contributed by atoms with Crippen LogP contribution in [0.25, 0.3) is 0 Å². The smallest absolute Gasteiger partial charge is 0.105 e. The zero-order chi connectivity index (χ0) is 9.42. The summed E-state index contributed by atoms with van der Waals surface area (Å²) < 4.78 is 0. The van der Waals surface area contributed by atoms with Crippen LogP contribution in [0.3, 0.4) is 0 Å². The average Bonchev–Trinajstić information content (AvgIpc) is 2.12. The molecule has 3 heteroatoms. The van der Waals surface area contributed by atoms with E-state index < -0.39 is 12.2 Å². The zero-order valence-corrected chi connectivity index (χ0v) is 7.83. The molecule has 1 aromatic carbocycles. The summed E-state index contributed by atoms with van der Waals surface area (Å²) in [5.74, 6) is 0. The molecule has 0 saturated carbocycles. The normalized spacial score (nSPS) is 27.0. The molecule has 2 N–H and O–H groups in total. The minimum atomic E-state index is -0.776. The minimum Gasteiger partial charge on any atom is -0.390 e. The van der Waals surface area contributed by atoms with Crippen molar-refractivity contribution in [3.05, 3.63) is 34.3 Å². The van der Waals surface area contributed by atoms with Crippen molar-refractivity contribution in [3.8, 4) is 0 Å². The summed E-state index contributed by atoms with van der Waals surface area (Å²) in [4.78, 5) is 0. The van der Waals surface area contributed by atoms with Gasteiger partial charge in [0.1, 0.15) is 6.10 Å². The first-order chi connectivity index (χ1) is 6.18. The molecule has 0 saturated heterocycles. The molecular weight excluding hydrogens is 188 g/mol. The largest absolute Gasteiger partial charge is 0.390 e. The molecule has 0 fully saturated rings. The summed E-state index contributed by atoms with van der Waals surface area (Å²) in [7, 11) is 0. The standard InChI is InChI=1S/C10H11ClO2/c11-7-3-1-6-2-4-9(12)10(13)8(6)5-7/h1,3,5,9-10,12-13H,2,4H2/t9-,10+/m0/s1. The maximum atomic E-state index is 9.65. The molecular formula is C10H11ClO2. The summed E-state index contributed by atoms with van der Waals surface area (Å²) in [6.07, 6.45) is 0.00832. The van der Waals surface area contributed by atoms with Crippen molar-refractivity contribution in [1.82, 2.24) is 0 Å². The van der Waals surface area contributed by atoms with Crippen LogP contribution in [0.2, 0.25) is 5.02 Å². The number of aryl methyl sites for hydroxylation is 1. The lowest BCUT2D eigenvalue weighted by molar-refractivity contribution is 0.00650. The highest BCUT2D eigenvalue weighted by atomic mass is 35.5. The fourth-order valence-corrected chi connectivity index (χ4v) is 1.92. The molecule has 0 radical (unpaired) electrons. The van der Waals surface area contributed by atoms with E-state index in [4.69, 9.17) is 11.6 Å². The SMILES string of the molecule is O[C@@H]1c2cc(Cl)ccc2CC[C@@H]1O. The molecule has 2 nitrogen and oxygen atoms in total. The van der Waals surface area contributed by atoms with E-state index in [1.54, 1.807) is 6.07 Å². The average molecular weight is 199 g/mol. The third-order valence-corrected chi connectivity index (χ3v) is 2.74. The summed E-state index contributed by atoms with van der Waals surface area (Å²) in [6.45, 7) is 0. The Kier molecular flexibility index (Phi) is 2.28. The van der Waals surface area contributed by atoms with Crippen LogP contribution in [0.4, 0.5) is 0 Å². The third-order valence-electron chi connectivity index (χ3n) is 2.50. The topological polar surface area (TPSA) is 40.5 Å². The predicted octanol–water partition coefficient (Wildman–Crippen LogP) is 1.68. The molecule has 0 spiro atoms. The summed E-state index contributed by atoms with van der Waals surface area (Å²) in [5, 5.41) is 19.7. The number of hydrogen-bond acceptors (Lipinski definition) is 2. The van der Waals surface area contributed by atoms with Gasteiger partial charge in [-0.25, -0.2) is 0 Å². The number of fused-ring (bicyclic) bond motifs is 1. The van der Waals surface area contributed by atoms with Crippen molar-refractivity contribution in [3.63, 3.8) is 0 Å². The Morgan fingerprint density at radius 1 is 1.31 bits per heavy atom. The molecule has 0 bridgehead atoms. The van der Waals surface area contributed by atoms with E-state index >= 15 is 0 Å². The molecule has 0 amide bonds. The van der Waals surface area contributed by atoms with Crippen molar-refractivity contribution >= 4 is 11.6 Å². The lowest BCUT2D eigenvalue weighted by Gasteiger charge is -2.26. The van der Waals surface area contributed by atoms with Crippen LogP contribution in [0.1, 0.15) is 23.7 Å². The van der Waals surface area contributed by atoms with Gasteiger partial charge in [-0.2, -0.15) is 0 Å². The molecule has 1 aliphatic carbocycles. The summed E-state index contributed by atoms with van der Waals surface area (Å²) in [6, 6.07) is 5.45. The number of halogens is 1. The highest BCUT2D eigenvalue weighted by Gasteiger charge is 2.25. The quantitative estimate of drug-likeness (QED) is 0.666. The van der Waals surface area contributed by atoms with Gasteiger partial charge >= 0.3 is 0 Å². The van der Waals surface area contributed by atoms with Gasteiger partial charge in [-0.15, -0.1) is 0 Å². The van der Waals surface area contributed by atoms with Crippen LogP contribution in [0.15, 0.2) is 18.2 Å².